The molecule has 0 radical (unpaired) electrons. The number of hydrogen-bond donors (Lipinski definition) is 1. The summed E-state index contributed by atoms with van der Waals surface area (Å²) in [6, 6.07) is 9.17. The standard InChI is InChI=1S/C15H22N2S/c1-4-5-12-6-8-13(9-7-12)16-15-17-14(10-18-15)11(2)3/h6-9,11,14H,4-5,10H2,1-3H3,(H,16,17)/t14-/m1/s1. The Morgan fingerprint density at radius 2 is 2.06 bits per heavy atom. The van der Waals surface area contributed by atoms with E-state index in [2.05, 4.69) is 50.4 Å². The van der Waals surface area contributed by atoms with Gasteiger partial charge < -0.3 is 5.32 Å². The molecule has 1 heterocycles. The predicted octanol–water partition coefficient (Wildman–Crippen LogP) is 4.18. The lowest BCUT2D eigenvalue weighted by Crippen LogP contribution is -2.12. The van der Waals surface area contributed by atoms with E-state index in [-0.39, 0.29) is 0 Å². The maximum Gasteiger partial charge on any atom is 0.161 e. The summed E-state index contributed by atoms with van der Waals surface area (Å²) in [5, 5.41) is 4.47. The Bertz CT molecular complexity index is 409. The van der Waals surface area contributed by atoms with Crippen LogP contribution in [0.3, 0.4) is 0 Å². The normalized spacial score (nSPS) is 19.1. The molecule has 1 aliphatic heterocycles. The van der Waals surface area contributed by atoms with E-state index in [4.69, 9.17) is 4.99 Å². The number of nitrogens with zero attached hydrogens (tertiary/aromatic N) is 1. The molecule has 0 unspecified atom stereocenters. The number of thioether (sulfide) groups is 1. The maximum atomic E-state index is 4.71. The summed E-state index contributed by atoms with van der Waals surface area (Å²) in [5.41, 5.74) is 2.55. The van der Waals surface area contributed by atoms with Crippen molar-refractivity contribution in [3.05, 3.63) is 29.8 Å². The molecule has 1 N–H and O–H groups in total. The summed E-state index contributed by atoms with van der Waals surface area (Å²) >= 11 is 1.83. The van der Waals surface area contributed by atoms with Crippen LogP contribution in [0.1, 0.15) is 32.8 Å². The van der Waals surface area contributed by atoms with Crippen LogP contribution in [-0.2, 0) is 6.42 Å². The molecule has 0 amide bonds. The van der Waals surface area contributed by atoms with E-state index in [9.17, 15) is 0 Å². The third-order valence-corrected chi connectivity index (χ3v) is 4.18. The molecular weight excluding hydrogens is 240 g/mol. The van der Waals surface area contributed by atoms with Gasteiger partial charge in [0.1, 0.15) is 0 Å². The highest BCUT2D eigenvalue weighted by molar-refractivity contribution is 8.14. The zero-order valence-corrected chi connectivity index (χ0v) is 12.3. The van der Waals surface area contributed by atoms with Gasteiger partial charge in [0.2, 0.25) is 0 Å². The van der Waals surface area contributed by atoms with Crippen LogP contribution in [0.4, 0.5) is 5.69 Å². The van der Waals surface area contributed by atoms with Crippen molar-refractivity contribution in [2.24, 2.45) is 10.9 Å². The molecule has 0 aromatic heterocycles. The smallest absolute Gasteiger partial charge is 0.161 e. The second kappa shape index (κ2) is 6.28. The fraction of sp³-hybridized carbons (Fsp3) is 0.533. The van der Waals surface area contributed by atoms with Crippen LogP contribution in [0.5, 0.6) is 0 Å². The van der Waals surface area contributed by atoms with E-state index in [0.717, 1.165) is 23.0 Å². The van der Waals surface area contributed by atoms with Gasteiger partial charge in [0.25, 0.3) is 0 Å². The minimum atomic E-state index is 0.469. The van der Waals surface area contributed by atoms with E-state index in [1.54, 1.807) is 0 Å². The van der Waals surface area contributed by atoms with Gasteiger partial charge >= 0.3 is 0 Å². The molecule has 1 aliphatic rings. The first kappa shape index (κ1) is 13.5. The first-order chi connectivity index (χ1) is 8.69. The first-order valence-electron chi connectivity index (χ1n) is 6.75. The maximum absolute atomic E-state index is 4.71. The number of amidine groups is 1. The Labute approximate surface area is 114 Å². The number of anilines is 1. The van der Waals surface area contributed by atoms with Crippen molar-refractivity contribution in [3.8, 4) is 0 Å². The second-order valence-electron chi connectivity index (χ2n) is 5.13. The van der Waals surface area contributed by atoms with Crippen molar-refractivity contribution >= 4 is 22.6 Å². The second-order valence-corrected chi connectivity index (χ2v) is 6.14. The molecule has 98 valence electrons. The molecule has 0 bridgehead atoms. The third-order valence-electron chi connectivity index (χ3n) is 3.19. The molecule has 0 fully saturated rings. The Morgan fingerprint density at radius 3 is 2.61 bits per heavy atom. The first-order valence-corrected chi connectivity index (χ1v) is 7.74. The molecule has 1 aromatic rings. The van der Waals surface area contributed by atoms with Crippen molar-refractivity contribution < 1.29 is 0 Å². The number of benzene rings is 1. The van der Waals surface area contributed by atoms with Crippen molar-refractivity contribution in [2.75, 3.05) is 11.1 Å². The van der Waals surface area contributed by atoms with Crippen molar-refractivity contribution in [3.63, 3.8) is 0 Å². The van der Waals surface area contributed by atoms with Gasteiger partial charge in [-0.3, -0.25) is 4.99 Å². The predicted molar refractivity (Wildman–Crippen MR) is 82.6 cm³/mol. The van der Waals surface area contributed by atoms with E-state index >= 15 is 0 Å². The topological polar surface area (TPSA) is 24.4 Å². The van der Waals surface area contributed by atoms with Gasteiger partial charge in [-0.05, 0) is 30.0 Å². The van der Waals surface area contributed by atoms with E-state index in [1.165, 1.54) is 12.0 Å². The summed E-state index contributed by atoms with van der Waals surface area (Å²) in [6.07, 6.45) is 2.36. The van der Waals surface area contributed by atoms with Gasteiger partial charge in [-0.1, -0.05) is 51.1 Å². The quantitative estimate of drug-likeness (QED) is 0.880. The number of aliphatic imine (C=N–C) groups is 1. The SMILES string of the molecule is CCCc1ccc(NC2=N[C@@H](C(C)C)CS2)cc1. The third kappa shape index (κ3) is 3.52. The molecule has 18 heavy (non-hydrogen) atoms. The molecule has 0 saturated heterocycles. The number of nitrogens with one attached hydrogen (secondary N) is 1. The van der Waals surface area contributed by atoms with Crippen LogP contribution in [0.25, 0.3) is 0 Å². The van der Waals surface area contributed by atoms with Gasteiger partial charge in [0, 0.05) is 11.4 Å². The average Bonchev–Trinajstić information content (AvgIpc) is 2.81. The Morgan fingerprint density at radius 1 is 1.33 bits per heavy atom. The highest BCUT2D eigenvalue weighted by Gasteiger charge is 2.20. The van der Waals surface area contributed by atoms with E-state index < -0.39 is 0 Å². The average molecular weight is 262 g/mol. The molecule has 1 aromatic carbocycles. The van der Waals surface area contributed by atoms with Gasteiger partial charge in [0.05, 0.1) is 6.04 Å². The van der Waals surface area contributed by atoms with Crippen molar-refractivity contribution in [1.29, 1.82) is 0 Å². The van der Waals surface area contributed by atoms with Gasteiger partial charge in [0.15, 0.2) is 5.17 Å². The van der Waals surface area contributed by atoms with Crippen LogP contribution in [-0.4, -0.2) is 17.0 Å². The minimum Gasteiger partial charge on any atom is -0.335 e. The van der Waals surface area contributed by atoms with Gasteiger partial charge in [-0.2, -0.15) is 0 Å². The van der Waals surface area contributed by atoms with Crippen LogP contribution in [0, 0.1) is 5.92 Å². The van der Waals surface area contributed by atoms with Crippen LogP contribution >= 0.6 is 11.8 Å². The Balaban J connectivity index is 1.95. The van der Waals surface area contributed by atoms with Crippen LogP contribution in [0.15, 0.2) is 29.3 Å². The highest BCUT2D eigenvalue weighted by Crippen LogP contribution is 2.24. The fourth-order valence-electron chi connectivity index (χ4n) is 1.97. The van der Waals surface area contributed by atoms with E-state index in [0.29, 0.717) is 12.0 Å². The largest absolute Gasteiger partial charge is 0.335 e. The Hall–Kier alpha value is -0.960. The highest BCUT2D eigenvalue weighted by atomic mass is 32.2. The fourth-order valence-corrected chi connectivity index (χ4v) is 3.15. The Kier molecular flexibility index (Phi) is 4.70. The summed E-state index contributed by atoms with van der Waals surface area (Å²) in [6.45, 7) is 6.68. The molecule has 0 saturated carbocycles. The molecule has 2 nitrogen and oxygen atoms in total. The number of rotatable bonds is 4. The van der Waals surface area contributed by atoms with Gasteiger partial charge in [-0.15, -0.1) is 0 Å². The summed E-state index contributed by atoms with van der Waals surface area (Å²) in [4.78, 5) is 4.71. The number of hydrogen-bond acceptors (Lipinski definition) is 3. The molecule has 0 spiro atoms. The monoisotopic (exact) mass is 262 g/mol. The minimum absolute atomic E-state index is 0.469. The molecule has 3 heteroatoms. The lowest BCUT2D eigenvalue weighted by Gasteiger charge is -2.08. The zero-order valence-electron chi connectivity index (χ0n) is 11.4. The molecular formula is C15H22N2S. The summed E-state index contributed by atoms with van der Waals surface area (Å²) in [5.74, 6) is 1.73. The zero-order chi connectivity index (χ0) is 13.0. The summed E-state index contributed by atoms with van der Waals surface area (Å²) in [7, 11) is 0. The molecule has 1 atom stereocenters. The van der Waals surface area contributed by atoms with Crippen LogP contribution < -0.4 is 5.32 Å². The lowest BCUT2D eigenvalue weighted by molar-refractivity contribution is 0.543. The summed E-state index contributed by atoms with van der Waals surface area (Å²) < 4.78 is 0. The van der Waals surface area contributed by atoms with Crippen molar-refractivity contribution in [2.45, 2.75) is 39.7 Å². The number of aryl methyl sites for hydroxylation is 1. The lowest BCUT2D eigenvalue weighted by atomic mass is 10.1. The van der Waals surface area contributed by atoms with E-state index in [1.807, 2.05) is 11.8 Å². The van der Waals surface area contributed by atoms with Crippen LogP contribution in [0.2, 0.25) is 0 Å². The molecule has 2 rings (SSSR count). The van der Waals surface area contributed by atoms with Crippen molar-refractivity contribution in [1.82, 2.24) is 0 Å². The molecule has 0 aliphatic carbocycles. The van der Waals surface area contributed by atoms with Gasteiger partial charge in [-0.25, -0.2) is 0 Å².